The molecule has 2 aromatic heterocycles. The number of H-pyrrole nitrogens is 1. The van der Waals surface area contributed by atoms with Gasteiger partial charge >= 0.3 is 6.18 Å². The lowest BCUT2D eigenvalue weighted by atomic mass is 9.72. The third-order valence-electron chi connectivity index (χ3n) is 11.1. The highest BCUT2D eigenvalue weighted by atomic mass is 19.4. The van der Waals surface area contributed by atoms with Crippen molar-refractivity contribution in [2.45, 2.75) is 58.0 Å². The van der Waals surface area contributed by atoms with Crippen LogP contribution in [0, 0.1) is 12.3 Å². The van der Waals surface area contributed by atoms with E-state index < -0.39 is 12.8 Å². The number of hydrogen-bond acceptors (Lipinski definition) is 8. The van der Waals surface area contributed by atoms with E-state index in [0.29, 0.717) is 61.5 Å². The molecule has 3 aliphatic rings. The van der Waals surface area contributed by atoms with Crippen LogP contribution in [-0.2, 0) is 16.0 Å². The van der Waals surface area contributed by atoms with Crippen LogP contribution in [0.5, 0.6) is 5.75 Å². The Morgan fingerprint density at radius 1 is 1.10 bits per heavy atom. The Morgan fingerprint density at radius 2 is 1.84 bits per heavy atom. The predicted octanol–water partition coefficient (Wildman–Crippen LogP) is 6.43. The van der Waals surface area contributed by atoms with Gasteiger partial charge < -0.3 is 24.2 Å². The molecule has 4 aromatic rings. The van der Waals surface area contributed by atoms with Gasteiger partial charge in [0.05, 0.1) is 18.3 Å². The van der Waals surface area contributed by atoms with Gasteiger partial charge in [0.15, 0.2) is 12.4 Å². The van der Waals surface area contributed by atoms with E-state index in [0.717, 1.165) is 78.7 Å². The second-order valence-corrected chi connectivity index (χ2v) is 14.4. The molecule has 0 saturated carbocycles. The Hall–Kier alpha value is -4.23. The largest absolute Gasteiger partial charge is 0.481 e. The number of fused-ring (bicyclic) bond motifs is 2. The highest BCUT2D eigenvalue weighted by Gasteiger charge is 2.46. The van der Waals surface area contributed by atoms with Gasteiger partial charge in [-0.1, -0.05) is 19.6 Å². The number of nitrogens with one attached hydrogen (secondary N) is 1. The minimum atomic E-state index is -4.55. The van der Waals surface area contributed by atoms with Crippen LogP contribution in [0.15, 0.2) is 37.1 Å². The lowest BCUT2D eigenvalue weighted by Crippen LogP contribution is -2.61. The molecule has 3 fully saturated rings. The fourth-order valence-corrected chi connectivity index (χ4v) is 8.21. The molecule has 0 unspecified atom stereocenters. The normalized spacial score (nSPS) is 18.5. The molecule has 51 heavy (non-hydrogen) atoms. The second kappa shape index (κ2) is 14.1. The van der Waals surface area contributed by atoms with Crippen molar-refractivity contribution in [3.63, 3.8) is 0 Å². The number of ether oxygens (including phenoxy) is 2. The van der Waals surface area contributed by atoms with Gasteiger partial charge in [0.25, 0.3) is 0 Å². The van der Waals surface area contributed by atoms with Crippen molar-refractivity contribution in [2.24, 2.45) is 5.41 Å². The number of rotatable bonds is 10. The van der Waals surface area contributed by atoms with E-state index in [1.165, 1.54) is 6.08 Å². The number of aromatic nitrogens is 4. The Labute approximate surface area is 296 Å². The van der Waals surface area contributed by atoms with Gasteiger partial charge in [-0.2, -0.15) is 18.3 Å². The number of amides is 1. The number of likely N-dealkylation sites (tertiary alicyclic amines) is 2. The number of carbonyl (C=O) groups is 1. The summed E-state index contributed by atoms with van der Waals surface area (Å²) in [6.07, 6.45) is 2.50. The number of aryl methyl sites for hydroxylation is 2. The molecule has 3 saturated heterocycles. The van der Waals surface area contributed by atoms with Crippen LogP contribution < -0.4 is 9.64 Å². The standard InChI is InChI=1S/C38H46F3N7O3/c1-5-25-19-27-33(34(51-23-38(39,40)41)32(25)31-24(3)7-8-29-28(31)20-42-45-29)43-35(26-9-13-46(14-10-26)17-18-50-4)44-36(27)47-15-11-37(12-16-47)21-48(22-37)30(49)6-2/h6-8,19-20,26H,2,5,9-18,21-23H2,1,3-4H3,(H,42,45). The Bertz CT molecular complexity index is 1920. The molecule has 0 bridgehead atoms. The van der Waals surface area contributed by atoms with Crippen molar-refractivity contribution in [3.8, 4) is 16.9 Å². The first-order valence-corrected chi connectivity index (χ1v) is 17.9. The first-order chi connectivity index (χ1) is 24.5. The SMILES string of the molecule is C=CC(=O)N1CC2(CCN(c3nc(C4CCN(CCOC)CC4)nc4c(OCC(F)(F)F)c(-c5c(C)ccc6[nH]ncc56)c(CC)cc34)CC2)C1. The van der Waals surface area contributed by atoms with Crippen molar-refractivity contribution in [3.05, 3.63) is 54.0 Å². The number of benzene rings is 2. The van der Waals surface area contributed by atoms with Crippen LogP contribution in [0.4, 0.5) is 19.0 Å². The van der Waals surface area contributed by atoms with Crippen molar-refractivity contribution in [1.82, 2.24) is 30.0 Å². The van der Waals surface area contributed by atoms with Crippen LogP contribution >= 0.6 is 0 Å². The summed E-state index contributed by atoms with van der Waals surface area (Å²) in [5.41, 5.74) is 4.40. The van der Waals surface area contributed by atoms with E-state index in [2.05, 4.69) is 32.6 Å². The first-order valence-electron chi connectivity index (χ1n) is 17.9. The van der Waals surface area contributed by atoms with E-state index in [4.69, 9.17) is 19.4 Å². The fraction of sp³-hybridized carbons (Fsp3) is 0.526. The summed E-state index contributed by atoms with van der Waals surface area (Å²) >= 11 is 0. The molecule has 0 aliphatic carbocycles. The highest BCUT2D eigenvalue weighted by molar-refractivity contribution is 6.05. The second-order valence-electron chi connectivity index (χ2n) is 14.4. The molecule has 3 aliphatic heterocycles. The molecular weight excluding hydrogens is 659 g/mol. The van der Waals surface area contributed by atoms with E-state index in [-0.39, 0.29) is 23.0 Å². The maximum atomic E-state index is 14.0. The molecule has 7 rings (SSSR count). The quantitative estimate of drug-likeness (QED) is 0.189. The average Bonchev–Trinajstić information content (AvgIpc) is 3.60. The number of alkyl halides is 3. The van der Waals surface area contributed by atoms with E-state index in [1.807, 2.05) is 30.9 Å². The Balaban J connectivity index is 1.37. The van der Waals surface area contributed by atoms with E-state index in [9.17, 15) is 18.0 Å². The maximum absolute atomic E-state index is 14.0. The molecule has 1 amide bonds. The minimum absolute atomic E-state index is 0.0389. The number of carbonyl (C=O) groups excluding carboxylic acids is 1. The molecular formula is C38H46F3N7O3. The summed E-state index contributed by atoms with van der Waals surface area (Å²) in [4.78, 5) is 29.1. The van der Waals surface area contributed by atoms with Crippen molar-refractivity contribution < 1.29 is 27.4 Å². The smallest absolute Gasteiger partial charge is 0.422 e. The van der Waals surface area contributed by atoms with Gasteiger partial charge in [-0.3, -0.25) is 9.89 Å². The molecule has 0 radical (unpaired) electrons. The minimum Gasteiger partial charge on any atom is -0.481 e. The Kier molecular flexibility index (Phi) is 9.70. The fourth-order valence-electron chi connectivity index (χ4n) is 8.21. The summed E-state index contributed by atoms with van der Waals surface area (Å²) in [6, 6.07) is 5.95. The summed E-state index contributed by atoms with van der Waals surface area (Å²) in [5, 5.41) is 8.78. The molecule has 13 heteroatoms. The zero-order valence-electron chi connectivity index (χ0n) is 29.6. The van der Waals surface area contributed by atoms with Crippen LogP contribution in [0.2, 0.25) is 0 Å². The highest BCUT2D eigenvalue weighted by Crippen LogP contribution is 2.48. The molecule has 2 aromatic carbocycles. The van der Waals surface area contributed by atoms with Crippen molar-refractivity contribution in [1.29, 1.82) is 0 Å². The van der Waals surface area contributed by atoms with Gasteiger partial charge in [-0.05, 0) is 87.0 Å². The van der Waals surface area contributed by atoms with Gasteiger partial charge in [0, 0.05) is 67.5 Å². The number of anilines is 1. The lowest BCUT2D eigenvalue weighted by molar-refractivity contribution is -0.153. The van der Waals surface area contributed by atoms with Gasteiger partial charge in [-0.15, -0.1) is 0 Å². The summed E-state index contributed by atoms with van der Waals surface area (Å²) in [5.74, 6) is 1.50. The molecule has 5 heterocycles. The number of aromatic amines is 1. The summed E-state index contributed by atoms with van der Waals surface area (Å²) < 4.78 is 53.2. The van der Waals surface area contributed by atoms with Crippen molar-refractivity contribution >= 4 is 33.5 Å². The van der Waals surface area contributed by atoms with Crippen LogP contribution in [-0.4, -0.2) is 108 Å². The van der Waals surface area contributed by atoms with Crippen LogP contribution in [0.1, 0.15) is 55.5 Å². The van der Waals surface area contributed by atoms with Crippen molar-refractivity contribution in [2.75, 3.05) is 71.0 Å². The molecule has 1 spiro atoms. The van der Waals surface area contributed by atoms with Crippen LogP contribution in [0.25, 0.3) is 32.9 Å². The monoisotopic (exact) mass is 705 g/mol. The molecule has 0 atom stereocenters. The van der Waals surface area contributed by atoms with Crippen LogP contribution in [0.3, 0.4) is 0 Å². The lowest BCUT2D eigenvalue weighted by Gasteiger charge is -2.54. The Morgan fingerprint density at radius 3 is 2.51 bits per heavy atom. The number of piperidine rings is 2. The third-order valence-corrected chi connectivity index (χ3v) is 11.1. The molecule has 272 valence electrons. The zero-order chi connectivity index (χ0) is 35.9. The van der Waals surface area contributed by atoms with Gasteiger partial charge in [-0.25, -0.2) is 9.97 Å². The topological polar surface area (TPSA) is 99.7 Å². The maximum Gasteiger partial charge on any atom is 0.422 e. The number of nitrogens with zero attached hydrogens (tertiary/aromatic N) is 6. The van der Waals surface area contributed by atoms with E-state index >= 15 is 0 Å². The molecule has 10 nitrogen and oxygen atoms in total. The zero-order valence-corrected chi connectivity index (χ0v) is 29.6. The predicted molar refractivity (Wildman–Crippen MR) is 191 cm³/mol. The number of hydrogen-bond donors (Lipinski definition) is 1. The van der Waals surface area contributed by atoms with E-state index in [1.54, 1.807) is 13.3 Å². The van der Waals surface area contributed by atoms with Gasteiger partial charge in [0.2, 0.25) is 5.91 Å². The number of methoxy groups -OCH3 is 1. The van der Waals surface area contributed by atoms with Gasteiger partial charge in [0.1, 0.15) is 17.2 Å². The third kappa shape index (κ3) is 6.90. The first kappa shape index (κ1) is 35.2. The number of halogens is 3. The molecule has 1 N–H and O–H groups in total. The summed E-state index contributed by atoms with van der Waals surface area (Å²) in [7, 11) is 1.70. The average molecular weight is 706 g/mol. The summed E-state index contributed by atoms with van der Waals surface area (Å²) in [6.45, 7) is 12.2.